The van der Waals surface area contributed by atoms with Crippen molar-refractivity contribution >= 4 is 54.0 Å². The molecule has 1 nitrogen and oxygen atoms in total. The molecule has 0 unspecified atom stereocenters. The second-order valence-electron chi connectivity index (χ2n) is 14.9. The molecule has 0 aliphatic heterocycles. The summed E-state index contributed by atoms with van der Waals surface area (Å²) in [5, 5.41) is 2.66. The van der Waals surface area contributed by atoms with Gasteiger partial charge in [0.2, 0.25) is 0 Å². The summed E-state index contributed by atoms with van der Waals surface area (Å²) in [4.78, 5) is 2.37. The van der Waals surface area contributed by atoms with Crippen LogP contribution in [0.4, 0.5) is 11.4 Å². The van der Waals surface area contributed by atoms with E-state index in [2.05, 4.69) is 197 Å². The Kier molecular flexibility index (Phi) is 10.1. The van der Waals surface area contributed by atoms with E-state index in [0.29, 0.717) is 0 Å². The zero-order chi connectivity index (χ0) is 37.9. The topological polar surface area (TPSA) is 3.24 Å². The van der Waals surface area contributed by atoms with Gasteiger partial charge in [-0.05, 0) is 111 Å². The molecule has 0 radical (unpaired) electrons. The van der Waals surface area contributed by atoms with Crippen molar-refractivity contribution in [1.29, 1.82) is 0 Å². The lowest BCUT2D eigenvalue weighted by Crippen LogP contribution is -2.16. The Bertz CT molecular complexity index is 2630. The summed E-state index contributed by atoms with van der Waals surface area (Å²) in [6.07, 6.45) is 13.5. The summed E-state index contributed by atoms with van der Waals surface area (Å²) in [5.74, 6) is 0. The molecule has 0 spiro atoms. The Balaban J connectivity index is 1.09. The van der Waals surface area contributed by atoms with E-state index in [0.717, 1.165) is 24.3 Å². The maximum absolute atomic E-state index is 3.81. The van der Waals surface area contributed by atoms with E-state index in [4.69, 9.17) is 0 Å². The lowest BCUT2D eigenvalue weighted by molar-refractivity contribution is 0.654. The molecule has 0 bridgehead atoms. The van der Waals surface area contributed by atoms with E-state index in [-0.39, 0.29) is 5.41 Å². The molecule has 270 valence electrons. The Morgan fingerprint density at radius 1 is 0.655 bits per heavy atom. The van der Waals surface area contributed by atoms with Gasteiger partial charge in [0.25, 0.3) is 0 Å². The highest BCUT2D eigenvalue weighted by atomic mass is 32.1. The molecular weight excluding hydrogens is 683 g/mol. The average Bonchev–Trinajstić information content (AvgIpc) is 3.70. The molecule has 0 fully saturated rings. The fourth-order valence-electron chi connectivity index (χ4n) is 8.16. The Morgan fingerprint density at radius 2 is 1.27 bits per heavy atom. The first kappa shape index (κ1) is 36.0. The standard InChI is InChI=1S/C53H47NS/c1-6-8-9-10-16-33-54(44-29-23-40(24-30-44)42-25-31-47-46-19-14-15-20-51(46)55-52(47)36-42)43-27-21-39(22-28-43)41-26-32-49-48(35-41)45(7-2)50(53(49,4)5)34-37(3)38-17-12-11-13-18-38/h6,8-32,34-36H,1,7,33H2,2-5H3/b9-8-,16-10-,37-34+. The average molecular weight is 730 g/mol. The van der Waals surface area contributed by atoms with Crippen LogP contribution in [0.3, 0.4) is 0 Å². The van der Waals surface area contributed by atoms with Crippen LogP contribution < -0.4 is 4.90 Å². The first-order valence-corrected chi connectivity index (χ1v) is 20.1. The predicted octanol–water partition coefficient (Wildman–Crippen LogP) is 15.4. The molecule has 1 aromatic heterocycles. The van der Waals surface area contributed by atoms with Crippen LogP contribution in [0.2, 0.25) is 0 Å². The Hall–Kier alpha value is -5.96. The van der Waals surface area contributed by atoms with Gasteiger partial charge in [0.05, 0.1) is 0 Å². The molecular formula is C53H47NS. The van der Waals surface area contributed by atoms with Crippen molar-refractivity contribution in [3.8, 4) is 22.3 Å². The fourth-order valence-corrected chi connectivity index (χ4v) is 9.30. The molecule has 1 heterocycles. The summed E-state index contributed by atoms with van der Waals surface area (Å²) in [6.45, 7) is 13.8. The molecule has 55 heavy (non-hydrogen) atoms. The second-order valence-corrected chi connectivity index (χ2v) is 16.0. The number of nitrogens with zero attached hydrogens (tertiary/aromatic N) is 1. The van der Waals surface area contributed by atoms with Gasteiger partial charge in [-0.15, -0.1) is 11.3 Å². The van der Waals surface area contributed by atoms with Crippen LogP contribution in [-0.4, -0.2) is 6.54 Å². The summed E-state index contributed by atoms with van der Waals surface area (Å²) >= 11 is 1.87. The monoisotopic (exact) mass is 729 g/mol. The van der Waals surface area contributed by atoms with Crippen LogP contribution in [0.15, 0.2) is 188 Å². The molecule has 0 N–H and O–H groups in total. The van der Waals surface area contributed by atoms with Crippen LogP contribution in [0.5, 0.6) is 0 Å². The summed E-state index contributed by atoms with van der Waals surface area (Å²) in [7, 11) is 0. The number of allylic oxidation sites excluding steroid dienone is 8. The summed E-state index contributed by atoms with van der Waals surface area (Å²) in [5.41, 5.74) is 15.4. The predicted molar refractivity (Wildman–Crippen MR) is 242 cm³/mol. The van der Waals surface area contributed by atoms with Gasteiger partial charge in [0, 0.05) is 43.5 Å². The molecule has 1 aliphatic rings. The number of rotatable bonds is 11. The molecule has 0 saturated carbocycles. The maximum Gasteiger partial charge on any atom is 0.0415 e. The highest BCUT2D eigenvalue weighted by Crippen LogP contribution is 2.50. The van der Waals surface area contributed by atoms with Gasteiger partial charge in [-0.1, -0.05) is 161 Å². The lowest BCUT2D eigenvalue weighted by atomic mass is 9.80. The quantitative estimate of drug-likeness (QED) is 0.120. The van der Waals surface area contributed by atoms with Crippen molar-refractivity contribution in [3.63, 3.8) is 0 Å². The van der Waals surface area contributed by atoms with Crippen molar-refractivity contribution < 1.29 is 0 Å². The number of hydrogen-bond donors (Lipinski definition) is 0. The van der Waals surface area contributed by atoms with Crippen LogP contribution in [0.25, 0.3) is 53.6 Å². The highest BCUT2D eigenvalue weighted by Gasteiger charge is 2.36. The van der Waals surface area contributed by atoms with Crippen LogP contribution in [0, 0.1) is 0 Å². The largest absolute Gasteiger partial charge is 0.338 e. The fraction of sp³-hybridized carbons (Fsp3) is 0.132. The molecule has 8 rings (SSSR count). The minimum Gasteiger partial charge on any atom is -0.338 e. The van der Waals surface area contributed by atoms with Crippen LogP contribution >= 0.6 is 11.3 Å². The number of hydrogen-bond acceptors (Lipinski definition) is 2. The number of benzene rings is 6. The SMILES string of the molecule is C=C/C=C\C=C/CN(c1ccc(-c2ccc3c(c2)C(CC)=C(/C=C(\C)c2ccccc2)C3(C)C)cc1)c1ccc(-c2ccc3c(c2)sc2ccccc23)cc1. The summed E-state index contributed by atoms with van der Waals surface area (Å²) < 4.78 is 2.66. The molecule has 7 aromatic rings. The van der Waals surface area contributed by atoms with Gasteiger partial charge < -0.3 is 4.90 Å². The van der Waals surface area contributed by atoms with E-state index in [1.54, 1.807) is 6.08 Å². The van der Waals surface area contributed by atoms with Crippen molar-refractivity contribution in [3.05, 3.63) is 205 Å². The van der Waals surface area contributed by atoms with E-state index in [1.165, 1.54) is 75.8 Å². The number of fused-ring (bicyclic) bond motifs is 4. The molecule has 1 aliphatic carbocycles. The van der Waals surface area contributed by atoms with Crippen molar-refractivity contribution in [1.82, 2.24) is 0 Å². The maximum atomic E-state index is 3.81. The third kappa shape index (κ3) is 7.07. The molecule has 6 aromatic carbocycles. The van der Waals surface area contributed by atoms with Gasteiger partial charge in [-0.25, -0.2) is 0 Å². The van der Waals surface area contributed by atoms with E-state index < -0.39 is 0 Å². The third-order valence-corrected chi connectivity index (χ3v) is 12.3. The van der Waals surface area contributed by atoms with Crippen molar-refractivity contribution in [2.75, 3.05) is 11.4 Å². The number of anilines is 2. The minimum absolute atomic E-state index is 0.0606. The van der Waals surface area contributed by atoms with Crippen LogP contribution in [0.1, 0.15) is 50.8 Å². The second kappa shape index (κ2) is 15.4. The molecule has 2 heteroatoms. The van der Waals surface area contributed by atoms with Gasteiger partial charge >= 0.3 is 0 Å². The molecule has 0 atom stereocenters. The van der Waals surface area contributed by atoms with Crippen molar-refractivity contribution in [2.45, 2.75) is 39.5 Å². The van der Waals surface area contributed by atoms with E-state index >= 15 is 0 Å². The molecule has 0 saturated heterocycles. The third-order valence-electron chi connectivity index (χ3n) is 11.1. The smallest absolute Gasteiger partial charge is 0.0415 e. The van der Waals surface area contributed by atoms with Gasteiger partial charge in [-0.2, -0.15) is 0 Å². The summed E-state index contributed by atoms with van der Waals surface area (Å²) in [6, 6.07) is 51.4. The zero-order valence-corrected chi connectivity index (χ0v) is 33.0. The van der Waals surface area contributed by atoms with Gasteiger partial charge in [-0.3, -0.25) is 0 Å². The normalized spacial score (nSPS) is 14.1. The minimum atomic E-state index is -0.0606. The van der Waals surface area contributed by atoms with Gasteiger partial charge in [0.15, 0.2) is 0 Å². The van der Waals surface area contributed by atoms with Crippen LogP contribution in [-0.2, 0) is 5.41 Å². The highest BCUT2D eigenvalue weighted by molar-refractivity contribution is 7.25. The Morgan fingerprint density at radius 3 is 1.96 bits per heavy atom. The zero-order valence-electron chi connectivity index (χ0n) is 32.2. The molecule has 0 amide bonds. The Labute approximate surface area is 330 Å². The van der Waals surface area contributed by atoms with E-state index in [1.807, 2.05) is 23.5 Å². The van der Waals surface area contributed by atoms with E-state index in [9.17, 15) is 0 Å². The lowest BCUT2D eigenvalue weighted by Gasteiger charge is -2.25. The first-order valence-electron chi connectivity index (χ1n) is 19.3. The van der Waals surface area contributed by atoms with Gasteiger partial charge in [0.1, 0.15) is 0 Å². The first-order chi connectivity index (χ1) is 26.9. The van der Waals surface area contributed by atoms with Crippen molar-refractivity contribution in [2.24, 2.45) is 0 Å². The number of thiophene rings is 1.